The number of carbonyl (C=O) groups excluding carboxylic acids is 1. The van der Waals surface area contributed by atoms with Gasteiger partial charge in [-0.3, -0.25) is 4.79 Å². The van der Waals surface area contributed by atoms with Gasteiger partial charge in [-0.05, 0) is 25.8 Å². The largest absolute Gasteiger partial charge is 0.342 e. The van der Waals surface area contributed by atoms with Gasteiger partial charge in [-0.2, -0.15) is 0 Å². The number of carbonyl (C=O) groups is 1. The van der Waals surface area contributed by atoms with Crippen LogP contribution in [0.15, 0.2) is 29.6 Å². The second-order valence-electron chi connectivity index (χ2n) is 5.91. The molecule has 0 unspecified atom stereocenters. The second kappa shape index (κ2) is 9.37. The molecule has 2 heterocycles. The van der Waals surface area contributed by atoms with Gasteiger partial charge in [0.15, 0.2) is 0 Å². The zero-order valence-corrected chi connectivity index (χ0v) is 16.1. The average Bonchev–Trinajstić information content (AvgIpc) is 2.96. The normalized spacial score (nSPS) is 14.7. The lowest BCUT2D eigenvalue weighted by Gasteiger charge is -2.30. The van der Waals surface area contributed by atoms with Gasteiger partial charge in [0.2, 0.25) is 5.91 Å². The highest BCUT2D eigenvalue weighted by Crippen LogP contribution is 2.25. The van der Waals surface area contributed by atoms with E-state index in [1.54, 1.807) is 11.3 Å². The number of piperidine rings is 1. The first-order valence-corrected chi connectivity index (χ1v) is 8.54. The van der Waals surface area contributed by atoms with E-state index in [9.17, 15) is 4.79 Å². The van der Waals surface area contributed by atoms with Crippen molar-refractivity contribution >= 4 is 42.1 Å². The van der Waals surface area contributed by atoms with E-state index in [1.165, 1.54) is 5.56 Å². The molecule has 7 heteroatoms. The van der Waals surface area contributed by atoms with Crippen LogP contribution >= 0.6 is 36.2 Å². The van der Waals surface area contributed by atoms with Crippen LogP contribution in [-0.2, 0) is 11.2 Å². The van der Waals surface area contributed by atoms with E-state index in [0.717, 1.165) is 42.2 Å². The van der Waals surface area contributed by atoms with Crippen LogP contribution in [0.3, 0.4) is 0 Å². The van der Waals surface area contributed by atoms with Gasteiger partial charge in [0.25, 0.3) is 0 Å². The minimum absolute atomic E-state index is 0. The van der Waals surface area contributed by atoms with Gasteiger partial charge < -0.3 is 10.6 Å². The van der Waals surface area contributed by atoms with E-state index >= 15 is 0 Å². The fourth-order valence-corrected chi connectivity index (χ4v) is 3.53. The number of benzene rings is 1. The molecule has 2 N–H and O–H groups in total. The molecule has 0 spiro atoms. The Morgan fingerprint density at radius 2 is 2.04 bits per heavy atom. The van der Waals surface area contributed by atoms with Gasteiger partial charge in [-0.25, -0.2) is 4.98 Å². The lowest BCUT2D eigenvalue weighted by molar-refractivity contribution is -0.131. The molecule has 0 aliphatic carbocycles. The summed E-state index contributed by atoms with van der Waals surface area (Å²) in [5.74, 6) is 0.160. The molecule has 1 amide bonds. The minimum Gasteiger partial charge on any atom is -0.342 e. The van der Waals surface area contributed by atoms with Crippen molar-refractivity contribution in [1.29, 1.82) is 0 Å². The fraction of sp³-hybridized carbons (Fsp3) is 0.412. The first kappa shape index (κ1) is 20.9. The molecular formula is C17H23Cl2N3OS. The molecule has 1 fully saturated rings. The summed E-state index contributed by atoms with van der Waals surface area (Å²) in [6.07, 6.45) is 2.19. The van der Waals surface area contributed by atoms with Crippen LogP contribution in [0.25, 0.3) is 10.6 Å². The van der Waals surface area contributed by atoms with Gasteiger partial charge >= 0.3 is 0 Å². The number of hydrogen-bond donors (Lipinski definition) is 1. The van der Waals surface area contributed by atoms with Crippen molar-refractivity contribution in [1.82, 2.24) is 9.88 Å². The maximum atomic E-state index is 12.3. The standard InChI is InChI=1S/C17H21N3OS.2ClH/c1-12-3-2-4-13(9-12)17-19-15(11-22-17)10-16(21)20-7-5-14(18)6-8-20;;/h2-4,9,11,14H,5-8,10,18H2,1H3;2*1H. The maximum absolute atomic E-state index is 12.3. The van der Waals surface area contributed by atoms with Crippen LogP contribution in [-0.4, -0.2) is 34.9 Å². The lowest BCUT2D eigenvalue weighted by Crippen LogP contribution is -2.43. The van der Waals surface area contributed by atoms with Gasteiger partial charge in [-0.1, -0.05) is 23.8 Å². The van der Waals surface area contributed by atoms with Crippen molar-refractivity contribution in [2.45, 2.75) is 32.2 Å². The first-order chi connectivity index (χ1) is 10.6. The van der Waals surface area contributed by atoms with E-state index in [0.29, 0.717) is 6.42 Å². The van der Waals surface area contributed by atoms with Gasteiger partial charge in [0.1, 0.15) is 5.01 Å². The first-order valence-electron chi connectivity index (χ1n) is 7.66. The minimum atomic E-state index is 0. The SMILES string of the molecule is Cc1cccc(-c2nc(CC(=O)N3CCC(N)CC3)cs2)c1.Cl.Cl. The Labute approximate surface area is 159 Å². The Hall–Kier alpha value is -1.14. The molecular weight excluding hydrogens is 365 g/mol. The number of halogens is 2. The summed E-state index contributed by atoms with van der Waals surface area (Å²) in [6.45, 7) is 3.62. The Morgan fingerprint density at radius 1 is 1.33 bits per heavy atom. The van der Waals surface area contributed by atoms with Crippen LogP contribution < -0.4 is 5.73 Å². The summed E-state index contributed by atoms with van der Waals surface area (Å²) in [7, 11) is 0. The average molecular weight is 388 g/mol. The molecule has 4 nitrogen and oxygen atoms in total. The third-order valence-corrected chi connectivity index (χ3v) is 4.98. The monoisotopic (exact) mass is 387 g/mol. The Kier molecular flexibility index (Phi) is 8.16. The molecule has 1 aromatic heterocycles. The predicted octanol–water partition coefficient (Wildman–Crippen LogP) is 3.45. The quantitative estimate of drug-likeness (QED) is 0.876. The van der Waals surface area contributed by atoms with Crippen molar-refractivity contribution < 1.29 is 4.79 Å². The topological polar surface area (TPSA) is 59.2 Å². The van der Waals surface area contributed by atoms with Gasteiger partial charge in [0, 0.05) is 30.1 Å². The Bertz CT molecular complexity index is 669. The Balaban J connectivity index is 0.00000144. The van der Waals surface area contributed by atoms with Crippen molar-refractivity contribution in [2.75, 3.05) is 13.1 Å². The highest BCUT2D eigenvalue weighted by atomic mass is 35.5. The number of nitrogens with zero attached hydrogens (tertiary/aromatic N) is 2. The summed E-state index contributed by atoms with van der Waals surface area (Å²) in [4.78, 5) is 18.9. The number of aryl methyl sites for hydroxylation is 1. The van der Waals surface area contributed by atoms with Crippen LogP contribution in [0.2, 0.25) is 0 Å². The highest BCUT2D eigenvalue weighted by molar-refractivity contribution is 7.13. The van der Waals surface area contributed by atoms with Gasteiger partial charge in [0.05, 0.1) is 12.1 Å². The molecule has 0 radical (unpaired) electrons. The number of aromatic nitrogens is 1. The molecule has 2 aromatic rings. The summed E-state index contributed by atoms with van der Waals surface area (Å²) in [5, 5.41) is 2.97. The number of likely N-dealkylation sites (tertiary alicyclic amines) is 1. The third kappa shape index (κ3) is 5.18. The van der Waals surface area contributed by atoms with E-state index in [-0.39, 0.29) is 36.8 Å². The molecule has 1 aromatic carbocycles. The third-order valence-electron chi connectivity index (χ3n) is 4.04. The number of rotatable bonds is 3. The Morgan fingerprint density at radius 3 is 2.71 bits per heavy atom. The van der Waals surface area contributed by atoms with E-state index in [1.807, 2.05) is 16.3 Å². The van der Waals surface area contributed by atoms with Crippen LogP contribution in [0.4, 0.5) is 0 Å². The number of nitrogens with two attached hydrogens (primary N) is 1. The molecule has 1 saturated heterocycles. The molecule has 0 saturated carbocycles. The molecule has 0 bridgehead atoms. The number of amides is 1. The zero-order chi connectivity index (χ0) is 15.5. The molecule has 132 valence electrons. The summed E-state index contributed by atoms with van der Waals surface area (Å²) in [5.41, 5.74) is 9.08. The van der Waals surface area contributed by atoms with Crippen LogP contribution in [0, 0.1) is 6.92 Å². The van der Waals surface area contributed by atoms with E-state index in [4.69, 9.17) is 5.73 Å². The van der Waals surface area contributed by atoms with Crippen LogP contribution in [0.5, 0.6) is 0 Å². The number of hydrogen-bond acceptors (Lipinski definition) is 4. The highest BCUT2D eigenvalue weighted by Gasteiger charge is 2.21. The summed E-state index contributed by atoms with van der Waals surface area (Å²) in [6, 6.07) is 8.53. The maximum Gasteiger partial charge on any atom is 0.228 e. The number of thiazole rings is 1. The smallest absolute Gasteiger partial charge is 0.228 e. The van der Waals surface area contributed by atoms with E-state index < -0.39 is 0 Å². The summed E-state index contributed by atoms with van der Waals surface area (Å²) >= 11 is 1.60. The second-order valence-corrected chi connectivity index (χ2v) is 6.77. The van der Waals surface area contributed by atoms with Crippen LogP contribution in [0.1, 0.15) is 24.1 Å². The lowest BCUT2D eigenvalue weighted by atomic mass is 10.1. The van der Waals surface area contributed by atoms with Crippen molar-refractivity contribution in [3.63, 3.8) is 0 Å². The van der Waals surface area contributed by atoms with Crippen molar-refractivity contribution in [2.24, 2.45) is 5.73 Å². The predicted molar refractivity (Wildman–Crippen MR) is 104 cm³/mol. The molecule has 24 heavy (non-hydrogen) atoms. The molecule has 3 rings (SSSR count). The van der Waals surface area contributed by atoms with Crippen molar-refractivity contribution in [3.05, 3.63) is 40.9 Å². The zero-order valence-electron chi connectivity index (χ0n) is 13.6. The van der Waals surface area contributed by atoms with E-state index in [2.05, 4.69) is 30.1 Å². The molecule has 1 aliphatic rings. The summed E-state index contributed by atoms with van der Waals surface area (Å²) < 4.78 is 0. The molecule has 1 aliphatic heterocycles. The fourth-order valence-electron chi connectivity index (χ4n) is 2.71. The van der Waals surface area contributed by atoms with Crippen molar-refractivity contribution in [3.8, 4) is 10.6 Å². The molecule has 0 atom stereocenters. The van der Waals surface area contributed by atoms with Gasteiger partial charge in [-0.15, -0.1) is 36.2 Å².